The highest BCUT2D eigenvalue weighted by Gasteiger charge is 2.20. The minimum Gasteiger partial charge on any atom is -0.381 e. The van der Waals surface area contributed by atoms with Gasteiger partial charge in [0.2, 0.25) is 0 Å². The minimum absolute atomic E-state index is 0.0786. The van der Waals surface area contributed by atoms with Crippen LogP contribution >= 0.6 is 0 Å². The SMILES string of the molecule is O=C(c1cncc(NCCC2CCCOC2)n1)N1CCOCC1. The molecule has 0 radical (unpaired) electrons. The summed E-state index contributed by atoms with van der Waals surface area (Å²) in [5, 5.41) is 3.27. The molecular weight excluding hydrogens is 296 g/mol. The summed E-state index contributed by atoms with van der Waals surface area (Å²) in [6, 6.07) is 0. The normalized spacial score (nSPS) is 21.9. The van der Waals surface area contributed by atoms with Crippen LogP contribution in [0.5, 0.6) is 0 Å². The average molecular weight is 320 g/mol. The number of aromatic nitrogens is 2. The first-order valence-electron chi connectivity index (χ1n) is 8.33. The van der Waals surface area contributed by atoms with E-state index < -0.39 is 0 Å². The first kappa shape index (κ1) is 16.1. The van der Waals surface area contributed by atoms with Gasteiger partial charge in [0.05, 0.1) is 25.6 Å². The molecule has 0 saturated carbocycles. The fourth-order valence-electron chi connectivity index (χ4n) is 2.92. The van der Waals surface area contributed by atoms with Crippen molar-refractivity contribution in [2.24, 2.45) is 5.92 Å². The molecule has 1 unspecified atom stereocenters. The van der Waals surface area contributed by atoms with Gasteiger partial charge in [0, 0.05) is 32.8 Å². The maximum atomic E-state index is 12.4. The van der Waals surface area contributed by atoms with E-state index in [2.05, 4.69) is 15.3 Å². The van der Waals surface area contributed by atoms with Crippen LogP contribution in [0.2, 0.25) is 0 Å². The number of amides is 1. The van der Waals surface area contributed by atoms with E-state index in [0.29, 0.717) is 43.7 Å². The standard InChI is InChI=1S/C16H24N4O3/c21-16(20-5-8-22-9-6-20)14-10-17-11-15(19-14)18-4-3-13-2-1-7-23-12-13/h10-11,13H,1-9,12H2,(H,18,19). The second-order valence-electron chi connectivity index (χ2n) is 5.99. The molecule has 3 rings (SSSR count). The molecule has 0 aliphatic carbocycles. The maximum Gasteiger partial charge on any atom is 0.274 e. The number of anilines is 1. The number of morpholine rings is 1. The Balaban J connectivity index is 1.51. The Morgan fingerprint density at radius 1 is 1.26 bits per heavy atom. The zero-order valence-electron chi connectivity index (χ0n) is 13.4. The van der Waals surface area contributed by atoms with Crippen LogP contribution in [-0.4, -0.2) is 66.8 Å². The maximum absolute atomic E-state index is 12.4. The number of rotatable bonds is 5. The van der Waals surface area contributed by atoms with E-state index in [4.69, 9.17) is 9.47 Å². The van der Waals surface area contributed by atoms with Gasteiger partial charge in [-0.05, 0) is 25.2 Å². The summed E-state index contributed by atoms with van der Waals surface area (Å²) < 4.78 is 10.8. The summed E-state index contributed by atoms with van der Waals surface area (Å²) in [6.45, 7) is 4.95. The van der Waals surface area contributed by atoms with Crippen LogP contribution in [0.4, 0.5) is 5.82 Å². The van der Waals surface area contributed by atoms with Crippen LogP contribution in [0.25, 0.3) is 0 Å². The zero-order valence-corrected chi connectivity index (χ0v) is 13.4. The van der Waals surface area contributed by atoms with Gasteiger partial charge in [-0.25, -0.2) is 4.98 Å². The Morgan fingerprint density at radius 2 is 2.13 bits per heavy atom. The lowest BCUT2D eigenvalue weighted by molar-refractivity contribution is 0.0299. The monoisotopic (exact) mass is 320 g/mol. The van der Waals surface area contributed by atoms with Crippen molar-refractivity contribution in [1.29, 1.82) is 0 Å². The molecule has 0 bridgehead atoms. The Kier molecular flexibility index (Phi) is 5.76. The molecule has 1 N–H and O–H groups in total. The number of carbonyl (C=O) groups excluding carboxylic acids is 1. The van der Waals surface area contributed by atoms with Gasteiger partial charge in [-0.15, -0.1) is 0 Å². The van der Waals surface area contributed by atoms with Gasteiger partial charge in [0.25, 0.3) is 5.91 Å². The van der Waals surface area contributed by atoms with E-state index in [-0.39, 0.29) is 5.91 Å². The Labute approximate surface area is 136 Å². The highest BCUT2D eigenvalue weighted by Crippen LogP contribution is 2.17. The largest absolute Gasteiger partial charge is 0.381 e. The Hall–Kier alpha value is -1.73. The van der Waals surface area contributed by atoms with E-state index in [1.807, 2.05) is 0 Å². The number of nitrogens with zero attached hydrogens (tertiary/aromatic N) is 3. The van der Waals surface area contributed by atoms with Crippen LogP contribution in [0.15, 0.2) is 12.4 Å². The van der Waals surface area contributed by atoms with Crippen molar-refractivity contribution in [3.8, 4) is 0 Å². The smallest absolute Gasteiger partial charge is 0.274 e. The third-order valence-corrected chi connectivity index (χ3v) is 4.27. The van der Waals surface area contributed by atoms with E-state index in [1.54, 1.807) is 11.1 Å². The summed E-state index contributed by atoms with van der Waals surface area (Å²) in [5.74, 6) is 1.19. The lowest BCUT2D eigenvalue weighted by Gasteiger charge is -2.26. The first-order valence-corrected chi connectivity index (χ1v) is 8.33. The van der Waals surface area contributed by atoms with Gasteiger partial charge in [-0.3, -0.25) is 9.78 Å². The summed E-state index contributed by atoms with van der Waals surface area (Å²) in [5.41, 5.74) is 0.387. The van der Waals surface area contributed by atoms with E-state index in [0.717, 1.165) is 32.6 Å². The van der Waals surface area contributed by atoms with Crippen LogP contribution in [0.3, 0.4) is 0 Å². The van der Waals surface area contributed by atoms with E-state index >= 15 is 0 Å². The third-order valence-electron chi connectivity index (χ3n) is 4.27. The van der Waals surface area contributed by atoms with Crippen LogP contribution in [-0.2, 0) is 9.47 Å². The topological polar surface area (TPSA) is 76.6 Å². The molecule has 23 heavy (non-hydrogen) atoms. The molecule has 1 amide bonds. The van der Waals surface area contributed by atoms with Crippen molar-refractivity contribution in [2.45, 2.75) is 19.3 Å². The molecule has 2 saturated heterocycles. The molecule has 1 atom stereocenters. The first-order chi connectivity index (χ1) is 11.3. The van der Waals surface area contributed by atoms with Crippen molar-refractivity contribution in [1.82, 2.24) is 14.9 Å². The fourth-order valence-corrected chi connectivity index (χ4v) is 2.92. The predicted molar refractivity (Wildman–Crippen MR) is 85.4 cm³/mol. The Morgan fingerprint density at radius 3 is 2.91 bits per heavy atom. The van der Waals surface area contributed by atoms with Gasteiger partial charge >= 0.3 is 0 Å². The zero-order chi connectivity index (χ0) is 15.9. The van der Waals surface area contributed by atoms with Crippen LogP contribution < -0.4 is 5.32 Å². The highest BCUT2D eigenvalue weighted by molar-refractivity contribution is 5.92. The molecule has 7 nitrogen and oxygen atoms in total. The fraction of sp³-hybridized carbons (Fsp3) is 0.688. The molecule has 1 aromatic rings. The second kappa shape index (κ2) is 8.21. The second-order valence-corrected chi connectivity index (χ2v) is 5.99. The lowest BCUT2D eigenvalue weighted by Crippen LogP contribution is -2.41. The molecule has 126 valence electrons. The van der Waals surface area contributed by atoms with Crippen molar-refractivity contribution in [3.63, 3.8) is 0 Å². The van der Waals surface area contributed by atoms with E-state index in [1.165, 1.54) is 12.6 Å². The summed E-state index contributed by atoms with van der Waals surface area (Å²) in [4.78, 5) is 22.7. The van der Waals surface area contributed by atoms with Crippen molar-refractivity contribution in [3.05, 3.63) is 18.1 Å². The third kappa shape index (κ3) is 4.62. The molecule has 7 heteroatoms. The molecule has 2 aliphatic heterocycles. The van der Waals surface area contributed by atoms with Crippen LogP contribution in [0, 0.1) is 5.92 Å². The molecular formula is C16H24N4O3. The number of hydrogen-bond donors (Lipinski definition) is 1. The van der Waals surface area contributed by atoms with E-state index in [9.17, 15) is 4.79 Å². The molecule has 3 heterocycles. The van der Waals surface area contributed by atoms with Gasteiger partial charge in [-0.1, -0.05) is 0 Å². The predicted octanol–water partition coefficient (Wildman–Crippen LogP) is 1.18. The van der Waals surface area contributed by atoms with Crippen molar-refractivity contribution in [2.75, 3.05) is 51.4 Å². The number of ether oxygens (including phenoxy) is 2. The molecule has 0 aromatic carbocycles. The van der Waals surface area contributed by atoms with Gasteiger partial charge in [0.1, 0.15) is 11.5 Å². The van der Waals surface area contributed by atoms with Crippen molar-refractivity contribution >= 4 is 11.7 Å². The lowest BCUT2D eigenvalue weighted by atomic mass is 9.99. The van der Waals surface area contributed by atoms with Crippen molar-refractivity contribution < 1.29 is 14.3 Å². The summed E-state index contributed by atoms with van der Waals surface area (Å²) in [7, 11) is 0. The molecule has 2 aliphatic rings. The summed E-state index contributed by atoms with van der Waals surface area (Å²) >= 11 is 0. The Bertz CT molecular complexity index is 514. The average Bonchev–Trinajstić information content (AvgIpc) is 2.63. The highest BCUT2D eigenvalue weighted by atomic mass is 16.5. The van der Waals surface area contributed by atoms with Crippen LogP contribution in [0.1, 0.15) is 29.8 Å². The number of hydrogen-bond acceptors (Lipinski definition) is 6. The number of nitrogens with one attached hydrogen (secondary N) is 1. The molecule has 1 aromatic heterocycles. The summed E-state index contributed by atoms with van der Waals surface area (Å²) in [6.07, 6.45) is 6.60. The number of carbonyl (C=O) groups is 1. The minimum atomic E-state index is -0.0786. The molecule has 2 fully saturated rings. The van der Waals surface area contributed by atoms with Gasteiger partial charge in [0.15, 0.2) is 0 Å². The van der Waals surface area contributed by atoms with Gasteiger partial charge < -0.3 is 19.7 Å². The molecule has 0 spiro atoms. The quantitative estimate of drug-likeness (QED) is 0.878. The van der Waals surface area contributed by atoms with Gasteiger partial charge in [-0.2, -0.15) is 0 Å².